The highest BCUT2D eigenvalue weighted by molar-refractivity contribution is 6.15. The van der Waals surface area contributed by atoms with Crippen LogP contribution in [0.1, 0.15) is 50.4 Å². The molecule has 5 rings (SSSR count). The molecular formula is C28H28N4O3. The van der Waals surface area contributed by atoms with Gasteiger partial charge in [0, 0.05) is 35.5 Å². The predicted octanol–water partition coefficient (Wildman–Crippen LogP) is 3.70. The van der Waals surface area contributed by atoms with Crippen molar-refractivity contribution in [3.63, 3.8) is 0 Å². The number of hydrogen-bond donors (Lipinski definition) is 2. The van der Waals surface area contributed by atoms with Crippen molar-refractivity contribution in [2.24, 2.45) is 4.99 Å². The standard InChI is InChI=1S/C28H28N4O3/c1-19(20-5-3-2-4-6-20)30-28(34)22-7-8-23-18-29-26(25(23)17-22)31-27(33)21-9-11-24(12-10-21)32-13-15-35-16-14-32/h2-12,17,19H,13-16,18H2,1H3,(H,30,34)(H,29,31,33). The zero-order valence-electron chi connectivity index (χ0n) is 19.7. The van der Waals surface area contributed by atoms with Crippen LogP contribution in [-0.4, -0.2) is 44.0 Å². The molecule has 2 N–H and O–H groups in total. The summed E-state index contributed by atoms with van der Waals surface area (Å²) in [6, 6.07) is 22.8. The first kappa shape index (κ1) is 22.8. The highest BCUT2D eigenvalue weighted by atomic mass is 16.5. The number of nitrogens with zero attached hydrogens (tertiary/aromatic N) is 2. The van der Waals surface area contributed by atoms with Crippen LogP contribution in [0.25, 0.3) is 0 Å². The molecule has 1 atom stereocenters. The molecule has 7 nitrogen and oxygen atoms in total. The van der Waals surface area contributed by atoms with E-state index in [-0.39, 0.29) is 17.9 Å². The quantitative estimate of drug-likeness (QED) is 0.598. The Bertz CT molecular complexity index is 1250. The van der Waals surface area contributed by atoms with E-state index in [1.807, 2.05) is 67.6 Å². The molecular weight excluding hydrogens is 440 g/mol. The zero-order chi connectivity index (χ0) is 24.2. The molecule has 7 heteroatoms. The van der Waals surface area contributed by atoms with Gasteiger partial charge in [-0.05, 0) is 54.4 Å². The van der Waals surface area contributed by atoms with Crippen LogP contribution in [0, 0.1) is 0 Å². The van der Waals surface area contributed by atoms with Crippen molar-refractivity contribution in [2.75, 3.05) is 31.2 Å². The van der Waals surface area contributed by atoms with E-state index < -0.39 is 0 Å². The van der Waals surface area contributed by atoms with E-state index in [1.54, 1.807) is 12.1 Å². The summed E-state index contributed by atoms with van der Waals surface area (Å²) < 4.78 is 5.40. The molecule has 35 heavy (non-hydrogen) atoms. The van der Waals surface area contributed by atoms with Crippen LogP contribution in [0.15, 0.2) is 77.8 Å². The lowest BCUT2D eigenvalue weighted by Crippen LogP contribution is -2.36. The molecule has 0 aromatic heterocycles. The first-order chi connectivity index (χ1) is 17.1. The first-order valence-electron chi connectivity index (χ1n) is 11.9. The number of hydrogen-bond acceptors (Lipinski definition) is 5. The molecule has 3 aromatic carbocycles. The van der Waals surface area contributed by atoms with E-state index >= 15 is 0 Å². The topological polar surface area (TPSA) is 83.0 Å². The summed E-state index contributed by atoms with van der Waals surface area (Å²) in [4.78, 5) is 32.5. The molecule has 2 aliphatic heterocycles. The van der Waals surface area contributed by atoms with Gasteiger partial charge in [-0.25, -0.2) is 0 Å². The van der Waals surface area contributed by atoms with Crippen molar-refractivity contribution in [2.45, 2.75) is 19.5 Å². The number of morpholine rings is 1. The number of rotatable bonds is 5. The van der Waals surface area contributed by atoms with Crippen LogP contribution < -0.4 is 15.5 Å². The van der Waals surface area contributed by atoms with E-state index in [9.17, 15) is 9.59 Å². The van der Waals surface area contributed by atoms with Crippen LogP contribution in [-0.2, 0) is 11.3 Å². The normalized spacial score (nSPS) is 15.7. The predicted molar refractivity (Wildman–Crippen MR) is 136 cm³/mol. The second kappa shape index (κ2) is 10.1. The third kappa shape index (κ3) is 5.10. The van der Waals surface area contributed by atoms with Crippen LogP contribution in [0.2, 0.25) is 0 Å². The Balaban J connectivity index is 1.25. The minimum absolute atomic E-state index is 0.120. The van der Waals surface area contributed by atoms with Crippen LogP contribution in [0.5, 0.6) is 0 Å². The Morgan fingerprint density at radius 3 is 2.37 bits per heavy atom. The number of carbonyl (C=O) groups excluding carboxylic acids is 2. The number of fused-ring (bicyclic) bond motifs is 1. The van der Waals surface area contributed by atoms with Crippen molar-refractivity contribution in [3.05, 3.63) is 101 Å². The Kier molecular flexibility index (Phi) is 6.59. The maximum Gasteiger partial charge on any atom is 0.256 e. The number of amidine groups is 1. The molecule has 0 bridgehead atoms. The summed E-state index contributed by atoms with van der Waals surface area (Å²) >= 11 is 0. The second-order valence-corrected chi connectivity index (χ2v) is 8.74. The summed E-state index contributed by atoms with van der Waals surface area (Å²) in [5.74, 6) is 0.103. The zero-order valence-corrected chi connectivity index (χ0v) is 19.7. The van der Waals surface area contributed by atoms with Gasteiger partial charge >= 0.3 is 0 Å². The third-order valence-electron chi connectivity index (χ3n) is 6.42. The van der Waals surface area contributed by atoms with Gasteiger partial charge in [0.15, 0.2) is 0 Å². The lowest BCUT2D eigenvalue weighted by molar-refractivity contribution is 0.0938. The van der Waals surface area contributed by atoms with Crippen LogP contribution in [0.4, 0.5) is 5.69 Å². The molecule has 1 fully saturated rings. The fraction of sp³-hybridized carbons (Fsp3) is 0.250. The van der Waals surface area contributed by atoms with Crippen molar-refractivity contribution in [1.29, 1.82) is 0 Å². The highest BCUT2D eigenvalue weighted by Crippen LogP contribution is 2.22. The van der Waals surface area contributed by atoms with Crippen molar-refractivity contribution in [3.8, 4) is 0 Å². The van der Waals surface area contributed by atoms with E-state index in [0.717, 1.165) is 35.5 Å². The van der Waals surface area contributed by atoms with E-state index in [1.165, 1.54) is 0 Å². The molecule has 178 valence electrons. The minimum atomic E-state index is -0.224. The van der Waals surface area contributed by atoms with Gasteiger partial charge in [-0.1, -0.05) is 36.4 Å². The number of amides is 2. The average molecular weight is 469 g/mol. The molecule has 1 unspecified atom stereocenters. The lowest BCUT2D eigenvalue weighted by Gasteiger charge is -2.28. The number of benzene rings is 3. The van der Waals surface area contributed by atoms with Gasteiger partial charge < -0.3 is 20.3 Å². The van der Waals surface area contributed by atoms with Crippen LogP contribution in [0.3, 0.4) is 0 Å². The maximum atomic E-state index is 12.9. The van der Waals surface area contributed by atoms with Gasteiger partial charge in [-0.15, -0.1) is 0 Å². The smallest absolute Gasteiger partial charge is 0.256 e. The SMILES string of the molecule is CC(NC(=O)c1ccc2c(c1)C(NC(=O)c1ccc(N3CCOCC3)cc1)=NC2)c1ccccc1. The Labute approximate surface area is 204 Å². The van der Waals surface area contributed by atoms with Crippen LogP contribution >= 0.6 is 0 Å². The van der Waals surface area contributed by atoms with E-state index in [2.05, 4.69) is 20.5 Å². The molecule has 2 heterocycles. The molecule has 2 aliphatic rings. The number of aliphatic imine (C=N–C) groups is 1. The maximum absolute atomic E-state index is 12.9. The molecule has 3 aromatic rings. The summed E-state index contributed by atoms with van der Waals surface area (Å²) in [6.07, 6.45) is 0. The van der Waals surface area contributed by atoms with Gasteiger partial charge in [-0.3, -0.25) is 14.6 Å². The van der Waals surface area contributed by atoms with Gasteiger partial charge in [0.1, 0.15) is 5.84 Å². The number of carbonyl (C=O) groups is 2. The minimum Gasteiger partial charge on any atom is -0.378 e. The fourth-order valence-corrected chi connectivity index (χ4v) is 4.36. The third-order valence-corrected chi connectivity index (χ3v) is 6.42. The molecule has 0 radical (unpaired) electrons. The van der Waals surface area contributed by atoms with Crippen molar-refractivity contribution in [1.82, 2.24) is 10.6 Å². The van der Waals surface area contributed by atoms with Gasteiger partial charge in [0.25, 0.3) is 11.8 Å². The van der Waals surface area contributed by atoms with Gasteiger partial charge in [0.05, 0.1) is 25.8 Å². The lowest BCUT2D eigenvalue weighted by atomic mass is 10.0. The summed E-state index contributed by atoms with van der Waals surface area (Å²) in [7, 11) is 0. The highest BCUT2D eigenvalue weighted by Gasteiger charge is 2.21. The van der Waals surface area contributed by atoms with Gasteiger partial charge in [0.2, 0.25) is 0 Å². The summed E-state index contributed by atoms with van der Waals surface area (Å²) in [5.41, 5.74) is 4.97. The Morgan fingerprint density at radius 1 is 0.914 bits per heavy atom. The number of anilines is 1. The molecule has 0 spiro atoms. The molecule has 0 saturated carbocycles. The number of ether oxygens (including phenoxy) is 1. The molecule has 0 aliphatic carbocycles. The largest absolute Gasteiger partial charge is 0.378 e. The van der Waals surface area contributed by atoms with Crippen molar-refractivity contribution >= 4 is 23.3 Å². The van der Waals surface area contributed by atoms with Crippen molar-refractivity contribution < 1.29 is 14.3 Å². The van der Waals surface area contributed by atoms with E-state index in [4.69, 9.17) is 4.74 Å². The summed E-state index contributed by atoms with van der Waals surface area (Å²) in [5, 5.41) is 5.97. The first-order valence-corrected chi connectivity index (χ1v) is 11.9. The van der Waals surface area contributed by atoms with E-state index in [0.29, 0.717) is 36.7 Å². The number of nitrogens with one attached hydrogen (secondary N) is 2. The monoisotopic (exact) mass is 468 g/mol. The molecule has 1 saturated heterocycles. The average Bonchev–Trinajstić information content (AvgIpc) is 3.31. The fourth-order valence-electron chi connectivity index (χ4n) is 4.36. The van der Waals surface area contributed by atoms with Gasteiger partial charge in [-0.2, -0.15) is 0 Å². The summed E-state index contributed by atoms with van der Waals surface area (Å²) in [6.45, 7) is 5.55. The second-order valence-electron chi connectivity index (χ2n) is 8.74. The Morgan fingerprint density at radius 2 is 1.63 bits per heavy atom. The Hall–Kier alpha value is -3.97. The molecule has 2 amide bonds.